The standard InChI is InChI=1S/C14H16Br2N2/c1-8-5-10(3-4-12(8)17)11-6-9(2)13(18)14(15,16)7-11/h3-7,13H,17-18H2,1-2H3. The highest BCUT2D eigenvalue weighted by molar-refractivity contribution is 9.25. The Morgan fingerprint density at radius 2 is 1.89 bits per heavy atom. The molecule has 1 aliphatic rings. The summed E-state index contributed by atoms with van der Waals surface area (Å²) in [5, 5.41) is 0. The van der Waals surface area contributed by atoms with Crippen molar-refractivity contribution in [1.82, 2.24) is 0 Å². The molecule has 0 saturated carbocycles. The van der Waals surface area contributed by atoms with Gasteiger partial charge in [0.15, 0.2) is 0 Å². The van der Waals surface area contributed by atoms with Crippen molar-refractivity contribution in [3.63, 3.8) is 0 Å². The molecule has 18 heavy (non-hydrogen) atoms. The van der Waals surface area contributed by atoms with Crippen LogP contribution in [0.1, 0.15) is 18.1 Å². The van der Waals surface area contributed by atoms with E-state index in [1.807, 2.05) is 26.0 Å². The Morgan fingerprint density at radius 1 is 1.22 bits per heavy atom. The molecule has 4 heteroatoms. The van der Waals surface area contributed by atoms with E-state index in [-0.39, 0.29) is 9.28 Å². The van der Waals surface area contributed by atoms with Gasteiger partial charge in [0.2, 0.25) is 0 Å². The lowest BCUT2D eigenvalue weighted by Crippen LogP contribution is -2.39. The molecule has 1 unspecified atom stereocenters. The molecule has 1 aliphatic carbocycles. The number of alkyl halides is 2. The third kappa shape index (κ3) is 2.56. The van der Waals surface area contributed by atoms with E-state index in [2.05, 4.69) is 50.1 Å². The van der Waals surface area contributed by atoms with Crippen LogP contribution in [0.3, 0.4) is 0 Å². The molecule has 0 radical (unpaired) electrons. The first-order valence-electron chi connectivity index (χ1n) is 5.72. The van der Waals surface area contributed by atoms with Gasteiger partial charge < -0.3 is 11.5 Å². The Bertz CT molecular complexity index is 545. The van der Waals surface area contributed by atoms with E-state index >= 15 is 0 Å². The molecular weight excluding hydrogens is 356 g/mol. The van der Waals surface area contributed by atoms with Crippen molar-refractivity contribution in [2.24, 2.45) is 5.73 Å². The fraction of sp³-hybridized carbons (Fsp3) is 0.286. The van der Waals surface area contributed by atoms with Crippen molar-refractivity contribution < 1.29 is 0 Å². The second-order valence-electron chi connectivity index (χ2n) is 4.71. The largest absolute Gasteiger partial charge is 0.399 e. The van der Waals surface area contributed by atoms with Gasteiger partial charge in [-0.25, -0.2) is 0 Å². The second-order valence-corrected chi connectivity index (χ2v) is 8.40. The lowest BCUT2D eigenvalue weighted by Gasteiger charge is -2.30. The summed E-state index contributed by atoms with van der Waals surface area (Å²) in [5.41, 5.74) is 17.3. The van der Waals surface area contributed by atoms with Crippen LogP contribution in [0.15, 0.2) is 35.9 Å². The molecule has 2 nitrogen and oxygen atoms in total. The van der Waals surface area contributed by atoms with Crippen molar-refractivity contribution in [1.29, 1.82) is 0 Å². The zero-order valence-electron chi connectivity index (χ0n) is 10.4. The van der Waals surface area contributed by atoms with Gasteiger partial charge in [-0.1, -0.05) is 49.6 Å². The first kappa shape index (κ1) is 13.8. The van der Waals surface area contributed by atoms with Crippen LogP contribution in [0, 0.1) is 6.92 Å². The Hall–Kier alpha value is -0.580. The first-order valence-corrected chi connectivity index (χ1v) is 7.31. The number of nitrogen functional groups attached to an aromatic ring is 1. The lowest BCUT2D eigenvalue weighted by molar-refractivity contribution is 0.773. The summed E-state index contributed by atoms with van der Waals surface area (Å²) in [6.45, 7) is 4.05. The number of allylic oxidation sites excluding steroid dienone is 2. The van der Waals surface area contributed by atoms with Crippen LogP contribution in [0.4, 0.5) is 5.69 Å². The molecule has 0 amide bonds. The van der Waals surface area contributed by atoms with Gasteiger partial charge in [-0.2, -0.15) is 0 Å². The van der Waals surface area contributed by atoms with Crippen molar-refractivity contribution in [2.75, 3.05) is 5.73 Å². The van der Waals surface area contributed by atoms with Gasteiger partial charge in [0.1, 0.15) is 3.23 Å². The zero-order chi connectivity index (χ0) is 13.5. The molecule has 1 aromatic carbocycles. The van der Waals surface area contributed by atoms with E-state index in [1.54, 1.807) is 0 Å². The summed E-state index contributed by atoms with van der Waals surface area (Å²) in [5.74, 6) is 0. The predicted molar refractivity (Wildman–Crippen MR) is 85.9 cm³/mol. The SMILES string of the molecule is CC1=CC(c2ccc(N)c(C)c2)=CC(Br)(Br)C1N. The summed E-state index contributed by atoms with van der Waals surface area (Å²) in [6, 6.07) is 5.99. The molecule has 0 aromatic heterocycles. The maximum absolute atomic E-state index is 6.12. The lowest BCUT2D eigenvalue weighted by atomic mass is 9.91. The summed E-state index contributed by atoms with van der Waals surface area (Å²) < 4.78 is -0.385. The fourth-order valence-corrected chi connectivity index (χ4v) is 3.21. The maximum atomic E-state index is 6.12. The van der Waals surface area contributed by atoms with Gasteiger partial charge in [-0.15, -0.1) is 0 Å². The molecular formula is C14H16Br2N2. The smallest absolute Gasteiger partial charge is 0.118 e. The fourth-order valence-electron chi connectivity index (χ4n) is 2.00. The number of anilines is 1. The number of benzene rings is 1. The first-order chi connectivity index (χ1) is 8.31. The third-order valence-electron chi connectivity index (χ3n) is 3.24. The molecule has 0 fully saturated rings. The Labute approximate surface area is 124 Å². The number of hydrogen-bond acceptors (Lipinski definition) is 2. The number of nitrogens with two attached hydrogens (primary N) is 2. The highest BCUT2D eigenvalue weighted by Gasteiger charge is 2.33. The van der Waals surface area contributed by atoms with Crippen LogP contribution in [-0.2, 0) is 0 Å². The minimum Gasteiger partial charge on any atom is -0.399 e. The van der Waals surface area contributed by atoms with Gasteiger partial charge in [0.05, 0.1) is 6.04 Å². The van der Waals surface area contributed by atoms with Crippen LogP contribution in [-0.4, -0.2) is 9.28 Å². The van der Waals surface area contributed by atoms with Gasteiger partial charge in [-0.05, 0) is 48.8 Å². The summed E-state index contributed by atoms with van der Waals surface area (Å²) in [4.78, 5) is 0. The van der Waals surface area contributed by atoms with Gasteiger partial charge >= 0.3 is 0 Å². The van der Waals surface area contributed by atoms with Crippen LogP contribution in [0.2, 0.25) is 0 Å². The van der Waals surface area contributed by atoms with Crippen LogP contribution in [0.25, 0.3) is 5.57 Å². The molecule has 0 heterocycles. The van der Waals surface area contributed by atoms with Crippen LogP contribution in [0.5, 0.6) is 0 Å². The highest BCUT2D eigenvalue weighted by atomic mass is 79.9. The van der Waals surface area contributed by atoms with Crippen molar-refractivity contribution in [3.8, 4) is 0 Å². The molecule has 0 bridgehead atoms. The molecule has 1 atom stereocenters. The predicted octanol–water partition coefficient (Wildman–Crippen LogP) is 3.73. The topological polar surface area (TPSA) is 52.0 Å². The average Bonchev–Trinajstić information content (AvgIpc) is 2.29. The number of rotatable bonds is 1. The number of hydrogen-bond donors (Lipinski definition) is 2. The Balaban J connectivity index is 2.48. The number of halogens is 2. The quantitative estimate of drug-likeness (QED) is 0.583. The van der Waals surface area contributed by atoms with Crippen molar-refractivity contribution in [3.05, 3.63) is 47.1 Å². The molecule has 96 valence electrons. The Morgan fingerprint density at radius 3 is 2.44 bits per heavy atom. The van der Waals surface area contributed by atoms with E-state index in [0.29, 0.717) is 0 Å². The molecule has 1 aromatic rings. The molecule has 0 spiro atoms. The second kappa shape index (κ2) is 4.83. The molecule has 4 N–H and O–H groups in total. The van der Waals surface area contributed by atoms with Gasteiger partial charge in [-0.3, -0.25) is 0 Å². The minimum atomic E-state index is -0.385. The van der Waals surface area contributed by atoms with Crippen LogP contribution < -0.4 is 11.5 Å². The van der Waals surface area contributed by atoms with Crippen molar-refractivity contribution in [2.45, 2.75) is 23.1 Å². The molecule has 0 aliphatic heterocycles. The molecule has 2 rings (SSSR count). The van der Waals surface area contributed by atoms with Gasteiger partial charge in [0.25, 0.3) is 0 Å². The average molecular weight is 372 g/mol. The van der Waals surface area contributed by atoms with E-state index in [4.69, 9.17) is 11.5 Å². The monoisotopic (exact) mass is 370 g/mol. The summed E-state index contributed by atoms with van der Waals surface area (Å²) >= 11 is 7.24. The summed E-state index contributed by atoms with van der Waals surface area (Å²) in [7, 11) is 0. The third-order valence-corrected chi connectivity index (χ3v) is 4.68. The maximum Gasteiger partial charge on any atom is 0.118 e. The van der Waals surface area contributed by atoms with E-state index < -0.39 is 0 Å². The highest BCUT2D eigenvalue weighted by Crippen LogP contribution is 2.41. The molecule has 0 saturated heterocycles. The normalized spacial score (nSPS) is 22.4. The van der Waals surface area contributed by atoms with E-state index in [9.17, 15) is 0 Å². The minimum absolute atomic E-state index is 0.0730. The Kier molecular flexibility index (Phi) is 3.72. The van der Waals surface area contributed by atoms with Gasteiger partial charge in [0, 0.05) is 5.69 Å². The summed E-state index contributed by atoms with van der Waals surface area (Å²) in [6.07, 6.45) is 4.21. The van der Waals surface area contributed by atoms with Crippen LogP contribution >= 0.6 is 31.9 Å². The van der Waals surface area contributed by atoms with Crippen molar-refractivity contribution >= 4 is 43.1 Å². The van der Waals surface area contributed by atoms with E-state index in [1.165, 1.54) is 0 Å². The van der Waals surface area contributed by atoms with E-state index in [0.717, 1.165) is 28.0 Å². The number of aryl methyl sites for hydroxylation is 1. The zero-order valence-corrected chi connectivity index (χ0v) is 13.5.